The largest absolute Gasteiger partial charge is 0.455 e. The fraction of sp³-hybridized carbons (Fsp3) is 0.182. The molecule has 112 valence electrons. The topological polar surface area (TPSA) is 13.1 Å². The second kappa shape index (κ2) is 4.05. The van der Waals surface area contributed by atoms with Crippen molar-refractivity contribution in [3.63, 3.8) is 0 Å². The van der Waals surface area contributed by atoms with Crippen LogP contribution in [-0.2, 0) is 5.41 Å². The highest BCUT2D eigenvalue weighted by Crippen LogP contribution is 2.53. The van der Waals surface area contributed by atoms with Crippen LogP contribution in [0, 0.1) is 6.92 Å². The van der Waals surface area contributed by atoms with Crippen molar-refractivity contribution in [1.29, 1.82) is 0 Å². The van der Waals surface area contributed by atoms with Crippen LogP contribution in [-0.4, -0.2) is 0 Å². The van der Waals surface area contributed by atoms with Crippen LogP contribution in [0.1, 0.15) is 30.5 Å². The Balaban J connectivity index is 2.03. The van der Waals surface area contributed by atoms with Crippen molar-refractivity contribution in [3.05, 3.63) is 71.3 Å². The van der Waals surface area contributed by atoms with E-state index in [1.807, 2.05) is 6.07 Å². The molecular formula is C22H18O. The van der Waals surface area contributed by atoms with Crippen molar-refractivity contribution < 1.29 is 4.42 Å². The number of aryl methyl sites for hydroxylation is 1. The first-order valence-electron chi connectivity index (χ1n) is 8.14. The molecule has 0 fully saturated rings. The number of hydrogen-bond acceptors (Lipinski definition) is 1. The van der Waals surface area contributed by atoms with E-state index in [-0.39, 0.29) is 5.41 Å². The van der Waals surface area contributed by atoms with Crippen molar-refractivity contribution in [2.75, 3.05) is 0 Å². The molecule has 1 nitrogen and oxygen atoms in total. The normalized spacial score (nSPS) is 15.1. The van der Waals surface area contributed by atoms with Gasteiger partial charge in [0.2, 0.25) is 0 Å². The maximum atomic E-state index is 6.30. The molecular weight excluding hydrogens is 280 g/mol. The van der Waals surface area contributed by atoms with Gasteiger partial charge >= 0.3 is 0 Å². The lowest BCUT2D eigenvalue weighted by atomic mass is 9.82. The molecule has 4 aromatic rings. The van der Waals surface area contributed by atoms with Crippen molar-refractivity contribution >= 4 is 21.9 Å². The monoisotopic (exact) mass is 298 g/mol. The van der Waals surface area contributed by atoms with Crippen molar-refractivity contribution in [2.24, 2.45) is 0 Å². The number of furan rings is 1. The number of benzene rings is 3. The van der Waals surface area contributed by atoms with Crippen molar-refractivity contribution in [1.82, 2.24) is 0 Å². The average molecular weight is 298 g/mol. The van der Waals surface area contributed by atoms with E-state index in [4.69, 9.17) is 4.42 Å². The number of rotatable bonds is 0. The summed E-state index contributed by atoms with van der Waals surface area (Å²) < 4.78 is 6.30. The lowest BCUT2D eigenvalue weighted by molar-refractivity contribution is 0.653. The summed E-state index contributed by atoms with van der Waals surface area (Å²) in [5.41, 5.74) is 8.76. The summed E-state index contributed by atoms with van der Waals surface area (Å²) in [7, 11) is 0. The van der Waals surface area contributed by atoms with Gasteiger partial charge in [0.25, 0.3) is 0 Å². The van der Waals surface area contributed by atoms with Gasteiger partial charge in [-0.25, -0.2) is 0 Å². The van der Waals surface area contributed by atoms with Crippen molar-refractivity contribution in [2.45, 2.75) is 26.2 Å². The van der Waals surface area contributed by atoms with Crippen LogP contribution in [0.15, 0.2) is 59.0 Å². The van der Waals surface area contributed by atoms with Gasteiger partial charge in [-0.2, -0.15) is 0 Å². The zero-order valence-electron chi connectivity index (χ0n) is 13.6. The molecule has 0 atom stereocenters. The molecule has 0 radical (unpaired) electrons. The van der Waals surface area contributed by atoms with Gasteiger partial charge in [0, 0.05) is 21.8 Å². The fourth-order valence-electron chi connectivity index (χ4n) is 4.22. The Hall–Kier alpha value is -2.54. The molecule has 1 heterocycles. The second-order valence-electron chi connectivity index (χ2n) is 7.09. The summed E-state index contributed by atoms with van der Waals surface area (Å²) >= 11 is 0. The molecule has 0 saturated carbocycles. The number of fused-ring (bicyclic) bond motifs is 7. The molecule has 0 saturated heterocycles. The van der Waals surface area contributed by atoms with Gasteiger partial charge < -0.3 is 4.42 Å². The first-order valence-corrected chi connectivity index (χ1v) is 8.14. The van der Waals surface area contributed by atoms with Gasteiger partial charge in [-0.3, -0.25) is 0 Å². The molecule has 0 unspecified atom stereocenters. The summed E-state index contributed by atoms with van der Waals surface area (Å²) in [6.07, 6.45) is 0. The highest BCUT2D eigenvalue weighted by molar-refractivity contribution is 6.12. The van der Waals surface area contributed by atoms with E-state index in [0.717, 1.165) is 11.2 Å². The quantitative estimate of drug-likeness (QED) is 0.376. The minimum absolute atomic E-state index is 0.0177. The predicted octanol–water partition coefficient (Wildman–Crippen LogP) is 6.20. The van der Waals surface area contributed by atoms with E-state index in [2.05, 4.69) is 69.3 Å². The smallest absolute Gasteiger partial charge is 0.143 e. The Bertz CT molecular complexity index is 1100. The maximum Gasteiger partial charge on any atom is 0.143 e. The zero-order valence-corrected chi connectivity index (χ0v) is 13.6. The van der Waals surface area contributed by atoms with E-state index < -0.39 is 0 Å². The van der Waals surface area contributed by atoms with Crippen LogP contribution < -0.4 is 0 Å². The summed E-state index contributed by atoms with van der Waals surface area (Å²) in [6, 6.07) is 19.5. The third-order valence-electron chi connectivity index (χ3n) is 5.42. The minimum Gasteiger partial charge on any atom is -0.455 e. The molecule has 1 aliphatic rings. The lowest BCUT2D eigenvalue weighted by Crippen LogP contribution is -2.14. The third kappa shape index (κ3) is 1.47. The Labute approximate surface area is 135 Å². The van der Waals surface area contributed by atoms with E-state index in [0.29, 0.717) is 0 Å². The Kier molecular flexibility index (Phi) is 2.28. The summed E-state index contributed by atoms with van der Waals surface area (Å²) in [4.78, 5) is 0. The maximum absolute atomic E-state index is 6.30. The van der Waals surface area contributed by atoms with Crippen LogP contribution in [0.4, 0.5) is 0 Å². The van der Waals surface area contributed by atoms with Gasteiger partial charge in [-0.15, -0.1) is 0 Å². The van der Waals surface area contributed by atoms with Crippen LogP contribution >= 0.6 is 0 Å². The van der Waals surface area contributed by atoms with Gasteiger partial charge in [0.1, 0.15) is 11.2 Å². The Morgan fingerprint density at radius 1 is 0.739 bits per heavy atom. The number of hydrogen-bond donors (Lipinski definition) is 0. The molecule has 0 spiro atoms. The van der Waals surface area contributed by atoms with Gasteiger partial charge in [0.05, 0.1) is 0 Å². The fourth-order valence-corrected chi connectivity index (χ4v) is 4.22. The highest BCUT2D eigenvalue weighted by Gasteiger charge is 2.38. The highest BCUT2D eigenvalue weighted by atomic mass is 16.3. The molecule has 0 aliphatic heterocycles. The molecule has 5 rings (SSSR count). The average Bonchev–Trinajstić information content (AvgIpc) is 3.02. The standard InChI is InChI=1S/C22H18O/c1-13-7-6-9-16-19(13)20-17(22(16,2)3)12-11-15-14-8-4-5-10-18(14)23-21(15)20/h4-12H,1-3H3. The molecule has 23 heavy (non-hydrogen) atoms. The molecule has 0 amide bonds. The van der Waals surface area contributed by atoms with E-state index in [1.165, 1.54) is 38.6 Å². The predicted molar refractivity (Wildman–Crippen MR) is 96.0 cm³/mol. The minimum atomic E-state index is 0.0177. The Morgan fingerprint density at radius 2 is 1.52 bits per heavy atom. The third-order valence-corrected chi connectivity index (χ3v) is 5.42. The van der Waals surface area contributed by atoms with E-state index in [1.54, 1.807) is 0 Å². The van der Waals surface area contributed by atoms with Crippen LogP contribution in [0.2, 0.25) is 0 Å². The zero-order chi connectivity index (χ0) is 15.8. The van der Waals surface area contributed by atoms with Crippen LogP contribution in [0.25, 0.3) is 33.1 Å². The molecule has 3 aromatic carbocycles. The molecule has 0 N–H and O–H groups in total. The molecule has 1 aromatic heterocycles. The van der Waals surface area contributed by atoms with E-state index >= 15 is 0 Å². The summed E-state index contributed by atoms with van der Waals surface area (Å²) in [6.45, 7) is 6.82. The van der Waals surface area contributed by atoms with E-state index in [9.17, 15) is 0 Å². The first kappa shape index (κ1) is 13.0. The lowest BCUT2D eigenvalue weighted by Gasteiger charge is -2.21. The van der Waals surface area contributed by atoms with Gasteiger partial charge in [-0.05, 0) is 35.2 Å². The summed E-state index contributed by atoms with van der Waals surface area (Å²) in [5.74, 6) is 0. The van der Waals surface area contributed by atoms with Crippen LogP contribution in [0.5, 0.6) is 0 Å². The molecule has 1 aliphatic carbocycles. The number of para-hydroxylation sites is 1. The van der Waals surface area contributed by atoms with Crippen molar-refractivity contribution in [3.8, 4) is 11.1 Å². The first-order chi connectivity index (χ1) is 11.1. The Morgan fingerprint density at radius 3 is 2.39 bits per heavy atom. The van der Waals surface area contributed by atoms with Gasteiger partial charge in [0.15, 0.2) is 0 Å². The van der Waals surface area contributed by atoms with Gasteiger partial charge in [-0.1, -0.05) is 62.4 Å². The van der Waals surface area contributed by atoms with Crippen LogP contribution in [0.3, 0.4) is 0 Å². The second-order valence-corrected chi connectivity index (χ2v) is 7.09. The SMILES string of the molecule is Cc1cccc2c1-c1c(ccc3c1oc1ccccc13)C2(C)C. The summed E-state index contributed by atoms with van der Waals surface area (Å²) in [5, 5.41) is 2.41. The molecule has 1 heteroatoms. The molecule has 0 bridgehead atoms.